The molecular weight excluding hydrogens is 346 g/mol. The molecule has 2 aliphatic rings. The van der Waals surface area contributed by atoms with Gasteiger partial charge >= 0.3 is 0 Å². The van der Waals surface area contributed by atoms with Crippen LogP contribution in [-0.2, 0) is 24.1 Å². The van der Waals surface area contributed by atoms with Gasteiger partial charge in [0.2, 0.25) is 5.91 Å². The van der Waals surface area contributed by atoms with E-state index in [9.17, 15) is 9.90 Å². The van der Waals surface area contributed by atoms with E-state index in [0.29, 0.717) is 36.6 Å². The van der Waals surface area contributed by atoms with E-state index in [2.05, 4.69) is 0 Å². The first kappa shape index (κ1) is 17.5. The van der Waals surface area contributed by atoms with E-state index in [-0.39, 0.29) is 17.7 Å². The number of ether oxygens (including phenoxy) is 3. The number of nitrogens with zero attached hydrogens (tertiary/aromatic N) is 1. The molecule has 0 fully saturated rings. The number of carbonyl (C=O) groups is 1. The number of phenolic OH excluding ortho intramolecular Hbond substituents is 1. The molecule has 2 aliphatic heterocycles. The Morgan fingerprint density at radius 1 is 0.926 bits per heavy atom. The van der Waals surface area contributed by atoms with Gasteiger partial charge in [-0.3, -0.25) is 4.79 Å². The van der Waals surface area contributed by atoms with Crippen molar-refractivity contribution in [3.8, 4) is 23.0 Å². The predicted octanol–water partition coefficient (Wildman–Crippen LogP) is 2.64. The molecule has 6 nitrogen and oxygen atoms in total. The lowest BCUT2D eigenvalue weighted by Gasteiger charge is -2.36. The summed E-state index contributed by atoms with van der Waals surface area (Å²) >= 11 is 0. The molecule has 142 valence electrons. The van der Waals surface area contributed by atoms with E-state index in [1.54, 1.807) is 27.4 Å². The molecule has 0 spiro atoms. The lowest BCUT2D eigenvalue weighted by Crippen LogP contribution is -2.40. The fourth-order valence-corrected chi connectivity index (χ4v) is 4.19. The largest absolute Gasteiger partial charge is 0.504 e. The molecule has 2 aromatic carbocycles. The van der Waals surface area contributed by atoms with Crippen LogP contribution in [0.4, 0.5) is 0 Å². The average Bonchev–Trinajstić information content (AvgIpc) is 2.81. The van der Waals surface area contributed by atoms with Gasteiger partial charge in [-0.05, 0) is 59.4 Å². The van der Waals surface area contributed by atoms with Crippen molar-refractivity contribution >= 4 is 5.91 Å². The first-order chi connectivity index (χ1) is 13.0. The Balaban J connectivity index is 1.81. The molecule has 2 aromatic rings. The minimum atomic E-state index is -0.114. The molecule has 2 heterocycles. The molecule has 27 heavy (non-hydrogen) atoms. The molecule has 1 N–H and O–H groups in total. The predicted molar refractivity (Wildman–Crippen MR) is 99.8 cm³/mol. The van der Waals surface area contributed by atoms with Gasteiger partial charge < -0.3 is 24.2 Å². The lowest BCUT2D eigenvalue weighted by molar-refractivity contribution is -0.133. The molecule has 4 rings (SSSR count). The number of amides is 1. The van der Waals surface area contributed by atoms with Gasteiger partial charge in [0, 0.05) is 6.54 Å². The molecule has 0 aromatic heterocycles. The highest BCUT2D eigenvalue weighted by atomic mass is 16.5. The fourth-order valence-electron chi connectivity index (χ4n) is 4.19. The number of hydrogen-bond donors (Lipinski definition) is 1. The highest BCUT2D eigenvalue weighted by Gasteiger charge is 2.35. The fraction of sp³-hybridized carbons (Fsp3) is 0.381. The van der Waals surface area contributed by atoms with Crippen molar-refractivity contribution in [3.63, 3.8) is 0 Å². The standard InChI is InChI=1S/C21H23NO5/c1-25-18-7-12-4-5-22-16(15(12)11-17(18)23)6-13-8-19(26-2)20(27-3)9-14(13)10-21(22)24/h7-9,11,16,23H,4-6,10H2,1-3H3. The van der Waals surface area contributed by atoms with Crippen molar-refractivity contribution in [3.05, 3.63) is 46.5 Å². The van der Waals surface area contributed by atoms with Crippen LogP contribution in [0.2, 0.25) is 0 Å². The Morgan fingerprint density at radius 3 is 2.22 bits per heavy atom. The van der Waals surface area contributed by atoms with Gasteiger partial charge in [-0.2, -0.15) is 0 Å². The van der Waals surface area contributed by atoms with Crippen LogP contribution in [-0.4, -0.2) is 43.8 Å². The zero-order chi connectivity index (χ0) is 19.1. The summed E-state index contributed by atoms with van der Waals surface area (Å²) in [6.07, 6.45) is 1.75. The molecule has 1 unspecified atom stereocenters. The second-order valence-electron chi connectivity index (χ2n) is 6.93. The number of rotatable bonds is 3. The SMILES string of the molecule is COc1cc2c(cc1O)C1Cc3cc(OC)c(OC)cc3CC(=O)N1CC2. The van der Waals surface area contributed by atoms with Gasteiger partial charge in [-0.1, -0.05) is 0 Å². The van der Waals surface area contributed by atoms with Crippen molar-refractivity contribution in [2.24, 2.45) is 0 Å². The third-order valence-corrected chi connectivity index (χ3v) is 5.58. The average molecular weight is 369 g/mol. The van der Waals surface area contributed by atoms with Crippen LogP contribution in [0.3, 0.4) is 0 Å². The Labute approximate surface area is 158 Å². The number of carbonyl (C=O) groups excluding carboxylic acids is 1. The van der Waals surface area contributed by atoms with Crippen LogP contribution in [0.1, 0.15) is 28.3 Å². The van der Waals surface area contributed by atoms with Gasteiger partial charge in [0.05, 0.1) is 33.8 Å². The van der Waals surface area contributed by atoms with Crippen LogP contribution in [0.25, 0.3) is 0 Å². The van der Waals surface area contributed by atoms with Gasteiger partial charge in [-0.25, -0.2) is 0 Å². The maximum absolute atomic E-state index is 12.9. The van der Waals surface area contributed by atoms with Crippen LogP contribution in [0.5, 0.6) is 23.0 Å². The van der Waals surface area contributed by atoms with Gasteiger partial charge in [0.15, 0.2) is 23.0 Å². The topological polar surface area (TPSA) is 68.2 Å². The summed E-state index contributed by atoms with van der Waals surface area (Å²) in [6, 6.07) is 7.37. The second kappa shape index (κ2) is 6.68. The summed E-state index contributed by atoms with van der Waals surface area (Å²) in [7, 11) is 4.75. The number of aromatic hydroxyl groups is 1. The molecule has 1 atom stereocenters. The van der Waals surface area contributed by atoms with Gasteiger partial charge in [-0.15, -0.1) is 0 Å². The van der Waals surface area contributed by atoms with Crippen LogP contribution in [0, 0.1) is 0 Å². The quantitative estimate of drug-likeness (QED) is 0.901. The maximum Gasteiger partial charge on any atom is 0.227 e. The molecule has 0 saturated carbocycles. The first-order valence-electron chi connectivity index (χ1n) is 8.98. The summed E-state index contributed by atoms with van der Waals surface area (Å²) in [5.74, 6) is 1.95. The molecular formula is C21H23NO5. The van der Waals surface area contributed by atoms with Crippen molar-refractivity contribution < 1.29 is 24.1 Å². The van der Waals surface area contributed by atoms with E-state index in [4.69, 9.17) is 14.2 Å². The van der Waals surface area contributed by atoms with E-state index in [1.165, 1.54) is 0 Å². The monoisotopic (exact) mass is 369 g/mol. The smallest absolute Gasteiger partial charge is 0.227 e. The van der Waals surface area contributed by atoms with Crippen molar-refractivity contribution in [2.45, 2.75) is 25.3 Å². The first-order valence-corrected chi connectivity index (χ1v) is 8.98. The number of hydrogen-bond acceptors (Lipinski definition) is 5. The van der Waals surface area contributed by atoms with Crippen molar-refractivity contribution in [1.82, 2.24) is 4.90 Å². The maximum atomic E-state index is 12.9. The molecule has 0 bridgehead atoms. The molecule has 0 saturated heterocycles. The molecule has 6 heteroatoms. The molecule has 1 amide bonds. The van der Waals surface area contributed by atoms with Crippen LogP contribution in [0.15, 0.2) is 24.3 Å². The van der Waals surface area contributed by atoms with E-state index in [1.807, 2.05) is 23.1 Å². The Hall–Kier alpha value is -2.89. The van der Waals surface area contributed by atoms with E-state index < -0.39 is 0 Å². The number of phenols is 1. The van der Waals surface area contributed by atoms with Crippen LogP contribution >= 0.6 is 0 Å². The van der Waals surface area contributed by atoms with E-state index >= 15 is 0 Å². The third kappa shape index (κ3) is 2.85. The summed E-state index contributed by atoms with van der Waals surface area (Å²) in [5, 5.41) is 10.3. The van der Waals surface area contributed by atoms with Crippen LogP contribution < -0.4 is 14.2 Å². The Bertz CT molecular complexity index is 908. The minimum Gasteiger partial charge on any atom is -0.504 e. The molecule has 0 radical (unpaired) electrons. The summed E-state index contributed by atoms with van der Waals surface area (Å²) < 4.78 is 16.1. The van der Waals surface area contributed by atoms with E-state index in [0.717, 1.165) is 28.7 Å². The highest BCUT2D eigenvalue weighted by molar-refractivity contribution is 5.81. The third-order valence-electron chi connectivity index (χ3n) is 5.58. The van der Waals surface area contributed by atoms with Gasteiger partial charge in [0.1, 0.15) is 0 Å². The number of methoxy groups -OCH3 is 3. The Morgan fingerprint density at radius 2 is 1.56 bits per heavy atom. The van der Waals surface area contributed by atoms with Crippen molar-refractivity contribution in [1.29, 1.82) is 0 Å². The normalized spacial score (nSPS) is 18.1. The lowest BCUT2D eigenvalue weighted by atomic mass is 9.88. The number of benzene rings is 2. The zero-order valence-corrected chi connectivity index (χ0v) is 15.7. The van der Waals surface area contributed by atoms with Gasteiger partial charge in [0.25, 0.3) is 0 Å². The summed E-state index contributed by atoms with van der Waals surface area (Å²) in [4.78, 5) is 14.9. The van der Waals surface area contributed by atoms with Crippen molar-refractivity contribution in [2.75, 3.05) is 27.9 Å². The zero-order valence-electron chi connectivity index (χ0n) is 15.7. The highest BCUT2D eigenvalue weighted by Crippen LogP contribution is 2.42. The summed E-state index contributed by atoms with van der Waals surface area (Å²) in [5.41, 5.74) is 4.13. The molecule has 0 aliphatic carbocycles. The minimum absolute atomic E-state index is 0.0897. The Kier molecular flexibility index (Phi) is 4.34. The second-order valence-corrected chi connectivity index (χ2v) is 6.93. The number of fused-ring (bicyclic) bond motifs is 4. The summed E-state index contributed by atoms with van der Waals surface area (Å²) in [6.45, 7) is 0.659.